The molecule has 7 nitrogen and oxygen atoms in total. The van der Waals surface area contributed by atoms with Crippen molar-refractivity contribution in [2.75, 3.05) is 38.0 Å². The topological polar surface area (TPSA) is 78.7 Å². The quantitative estimate of drug-likeness (QED) is 0.544. The minimum Gasteiger partial charge on any atom is -0.441 e. The van der Waals surface area contributed by atoms with E-state index in [0.717, 1.165) is 22.4 Å². The van der Waals surface area contributed by atoms with Gasteiger partial charge in [-0.2, -0.15) is 0 Å². The summed E-state index contributed by atoms with van der Waals surface area (Å²) < 4.78 is 5.80. The van der Waals surface area contributed by atoms with Crippen LogP contribution in [0.3, 0.4) is 0 Å². The van der Waals surface area contributed by atoms with Crippen molar-refractivity contribution in [3.8, 4) is 11.3 Å². The predicted molar refractivity (Wildman–Crippen MR) is 133 cm³/mol. The highest BCUT2D eigenvalue weighted by molar-refractivity contribution is 6.30. The Balaban J connectivity index is 1.21. The van der Waals surface area contributed by atoms with E-state index in [1.54, 1.807) is 18.3 Å². The van der Waals surface area contributed by atoms with E-state index in [4.69, 9.17) is 16.0 Å². The molecule has 0 aliphatic carbocycles. The molecule has 2 heterocycles. The zero-order valence-electron chi connectivity index (χ0n) is 19.5. The first kappa shape index (κ1) is 24.0. The molecule has 1 saturated heterocycles. The van der Waals surface area contributed by atoms with Crippen LogP contribution >= 0.6 is 11.6 Å². The number of carbonyl (C=O) groups excluding carboxylic acids is 2. The van der Waals surface area contributed by atoms with Crippen LogP contribution in [-0.4, -0.2) is 59.3 Å². The lowest BCUT2D eigenvalue weighted by atomic mass is 10.1. The minimum atomic E-state index is -0.0300. The van der Waals surface area contributed by atoms with Crippen LogP contribution < -0.4 is 5.32 Å². The summed E-state index contributed by atoms with van der Waals surface area (Å²) in [6.45, 7) is 6.86. The fraction of sp³-hybridized carbons (Fsp3) is 0.346. The third-order valence-electron chi connectivity index (χ3n) is 6.07. The van der Waals surface area contributed by atoms with Crippen molar-refractivity contribution in [2.24, 2.45) is 0 Å². The normalized spacial score (nSPS) is 14.3. The number of aromatic nitrogens is 1. The fourth-order valence-electron chi connectivity index (χ4n) is 4.09. The summed E-state index contributed by atoms with van der Waals surface area (Å²) in [4.78, 5) is 33.4. The number of aryl methyl sites for hydroxylation is 3. The molecule has 3 aromatic rings. The molecule has 2 aromatic carbocycles. The summed E-state index contributed by atoms with van der Waals surface area (Å²) >= 11 is 5.93. The van der Waals surface area contributed by atoms with Crippen LogP contribution in [0.2, 0.25) is 5.02 Å². The van der Waals surface area contributed by atoms with Gasteiger partial charge in [0.2, 0.25) is 11.8 Å². The Labute approximate surface area is 204 Å². The van der Waals surface area contributed by atoms with Crippen molar-refractivity contribution in [1.82, 2.24) is 14.8 Å². The van der Waals surface area contributed by atoms with Gasteiger partial charge in [-0.1, -0.05) is 29.8 Å². The van der Waals surface area contributed by atoms with Crippen molar-refractivity contribution in [1.29, 1.82) is 0 Å². The minimum absolute atomic E-state index is 0.0300. The van der Waals surface area contributed by atoms with Gasteiger partial charge >= 0.3 is 0 Å². The molecular weight excluding hydrogens is 452 g/mol. The Morgan fingerprint density at radius 1 is 1.03 bits per heavy atom. The van der Waals surface area contributed by atoms with Crippen LogP contribution in [0.15, 0.2) is 53.1 Å². The summed E-state index contributed by atoms with van der Waals surface area (Å²) in [5.41, 5.74) is 3.88. The summed E-state index contributed by atoms with van der Waals surface area (Å²) in [7, 11) is 0. The molecule has 34 heavy (non-hydrogen) atoms. The molecule has 1 fully saturated rings. The molecule has 178 valence electrons. The van der Waals surface area contributed by atoms with Gasteiger partial charge in [0, 0.05) is 55.3 Å². The summed E-state index contributed by atoms with van der Waals surface area (Å²) in [5.74, 6) is 1.25. The Morgan fingerprint density at radius 3 is 2.38 bits per heavy atom. The molecule has 1 aliphatic rings. The van der Waals surface area contributed by atoms with E-state index in [9.17, 15) is 9.59 Å². The number of carbonyl (C=O) groups is 2. The van der Waals surface area contributed by atoms with E-state index < -0.39 is 0 Å². The van der Waals surface area contributed by atoms with Crippen LogP contribution in [0.1, 0.15) is 23.4 Å². The first-order chi connectivity index (χ1) is 16.4. The SMILES string of the molecule is Cc1cccc(C)c1NC(=O)CN1CCN(C(=O)CCc2ncc(-c3ccc(Cl)cc3)o2)CC1. The van der Waals surface area contributed by atoms with Gasteiger partial charge in [-0.15, -0.1) is 0 Å². The number of para-hydroxylation sites is 1. The Bertz CT molecular complexity index is 1130. The molecule has 8 heteroatoms. The lowest BCUT2D eigenvalue weighted by molar-refractivity contribution is -0.133. The van der Waals surface area contributed by atoms with E-state index >= 15 is 0 Å². The van der Waals surface area contributed by atoms with Gasteiger partial charge in [0.05, 0.1) is 12.7 Å². The number of hydrogen-bond donors (Lipinski definition) is 1. The molecule has 0 unspecified atom stereocenters. The average molecular weight is 481 g/mol. The zero-order valence-corrected chi connectivity index (χ0v) is 20.3. The third-order valence-corrected chi connectivity index (χ3v) is 6.32. The number of anilines is 1. The lowest BCUT2D eigenvalue weighted by Gasteiger charge is -2.34. The maximum Gasteiger partial charge on any atom is 0.238 e. The smallest absolute Gasteiger partial charge is 0.238 e. The molecule has 0 radical (unpaired) electrons. The van der Waals surface area contributed by atoms with E-state index in [0.29, 0.717) is 62.2 Å². The van der Waals surface area contributed by atoms with Crippen molar-refractivity contribution < 1.29 is 14.0 Å². The maximum absolute atomic E-state index is 12.7. The van der Waals surface area contributed by atoms with Gasteiger partial charge in [-0.25, -0.2) is 4.98 Å². The maximum atomic E-state index is 12.7. The van der Waals surface area contributed by atoms with Crippen LogP contribution in [0.4, 0.5) is 5.69 Å². The second-order valence-corrected chi connectivity index (χ2v) is 9.03. The highest BCUT2D eigenvalue weighted by Crippen LogP contribution is 2.23. The van der Waals surface area contributed by atoms with E-state index in [1.807, 2.05) is 49.1 Å². The molecule has 0 spiro atoms. The number of rotatable bonds is 7. The highest BCUT2D eigenvalue weighted by atomic mass is 35.5. The molecule has 1 N–H and O–H groups in total. The zero-order chi connectivity index (χ0) is 24.1. The molecule has 0 atom stereocenters. The van der Waals surface area contributed by atoms with E-state index in [2.05, 4.69) is 15.2 Å². The number of hydrogen-bond acceptors (Lipinski definition) is 5. The monoisotopic (exact) mass is 480 g/mol. The van der Waals surface area contributed by atoms with Crippen LogP contribution in [0, 0.1) is 13.8 Å². The Morgan fingerprint density at radius 2 is 1.71 bits per heavy atom. The molecule has 1 aromatic heterocycles. The number of nitrogens with one attached hydrogen (secondary N) is 1. The second-order valence-electron chi connectivity index (χ2n) is 8.60. The predicted octanol–water partition coefficient (Wildman–Crippen LogP) is 4.33. The highest BCUT2D eigenvalue weighted by Gasteiger charge is 2.23. The third kappa shape index (κ3) is 6.04. The number of amides is 2. The van der Waals surface area contributed by atoms with Gasteiger partial charge in [0.25, 0.3) is 0 Å². The van der Waals surface area contributed by atoms with Gasteiger partial charge in [-0.3, -0.25) is 14.5 Å². The van der Waals surface area contributed by atoms with Crippen molar-refractivity contribution >= 4 is 29.1 Å². The van der Waals surface area contributed by atoms with Crippen molar-refractivity contribution in [3.05, 3.63) is 70.7 Å². The van der Waals surface area contributed by atoms with Crippen molar-refractivity contribution in [3.63, 3.8) is 0 Å². The summed E-state index contributed by atoms with van der Waals surface area (Å²) in [6.07, 6.45) is 2.46. The van der Waals surface area contributed by atoms with Crippen LogP contribution in [0.5, 0.6) is 0 Å². The Hall–Kier alpha value is -3.16. The average Bonchev–Trinajstić information content (AvgIpc) is 3.30. The first-order valence-corrected chi connectivity index (χ1v) is 11.8. The number of halogens is 1. The number of oxazole rings is 1. The van der Waals surface area contributed by atoms with Crippen molar-refractivity contribution in [2.45, 2.75) is 26.7 Å². The van der Waals surface area contributed by atoms with Gasteiger partial charge in [-0.05, 0) is 49.2 Å². The molecule has 1 aliphatic heterocycles. The van der Waals surface area contributed by atoms with Gasteiger partial charge in [0.1, 0.15) is 0 Å². The number of benzene rings is 2. The second kappa shape index (κ2) is 10.8. The van der Waals surface area contributed by atoms with Crippen LogP contribution in [0.25, 0.3) is 11.3 Å². The molecule has 2 amide bonds. The summed E-state index contributed by atoms with van der Waals surface area (Å²) in [5, 5.41) is 3.69. The van der Waals surface area contributed by atoms with Crippen LogP contribution in [-0.2, 0) is 16.0 Å². The largest absolute Gasteiger partial charge is 0.441 e. The molecule has 4 rings (SSSR count). The Kier molecular flexibility index (Phi) is 7.65. The molecular formula is C26H29ClN4O3. The lowest BCUT2D eigenvalue weighted by Crippen LogP contribution is -2.50. The summed E-state index contributed by atoms with van der Waals surface area (Å²) in [6, 6.07) is 13.3. The number of nitrogens with zero attached hydrogens (tertiary/aromatic N) is 3. The molecule has 0 saturated carbocycles. The first-order valence-electron chi connectivity index (χ1n) is 11.5. The number of piperazine rings is 1. The van der Waals surface area contributed by atoms with E-state index in [1.165, 1.54) is 0 Å². The standard InChI is InChI=1S/C26H29ClN4O3/c1-18-4-3-5-19(2)26(18)29-23(32)17-30-12-14-31(15-13-30)25(33)11-10-24-28-16-22(34-24)20-6-8-21(27)9-7-20/h3-9,16H,10-15,17H2,1-2H3,(H,29,32). The van der Waals surface area contributed by atoms with Gasteiger partial charge in [0.15, 0.2) is 11.7 Å². The molecule has 0 bridgehead atoms. The fourth-order valence-corrected chi connectivity index (χ4v) is 4.22. The van der Waals surface area contributed by atoms with E-state index in [-0.39, 0.29) is 11.8 Å². The van der Waals surface area contributed by atoms with Gasteiger partial charge < -0.3 is 14.6 Å².